The summed E-state index contributed by atoms with van der Waals surface area (Å²) in [5.74, 6) is 0.355. The number of methoxy groups -OCH3 is 1. The maximum atomic E-state index is 11.7. The molecule has 1 atom stereocenters. The Kier molecular flexibility index (Phi) is 6.28. The van der Waals surface area contributed by atoms with E-state index in [1.54, 1.807) is 6.07 Å². The molecule has 20 heavy (non-hydrogen) atoms. The summed E-state index contributed by atoms with van der Waals surface area (Å²) in [6.07, 6.45) is 4.75. The second kappa shape index (κ2) is 7.72. The Morgan fingerprint density at radius 2 is 2.20 bits per heavy atom. The van der Waals surface area contributed by atoms with Gasteiger partial charge in [0, 0.05) is 12.6 Å². The van der Waals surface area contributed by atoms with Crippen LogP contribution in [0.5, 0.6) is 0 Å². The molecule has 112 valence electrons. The van der Waals surface area contributed by atoms with E-state index in [0.29, 0.717) is 17.3 Å². The number of carbonyl (C=O) groups excluding carboxylic acids is 1. The summed E-state index contributed by atoms with van der Waals surface area (Å²) in [5, 5.41) is 0. The second-order valence-electron chi connectivity index (χ2n) is 4.93. The molecular weight excluding hydrogens is 254 g/mol. The summed E-state index contributed by atoms with van der Waals surface area (Å²) in [7, 11) is 1.35. The molecule has 1 aromatic rings. The lowest BCUT2D eigenvalue weighted by Gasteiger charge is -2.30. The fraction of sp³-hybridized carbons (Fsp3) is 0.600. The maximum absolute atomic E-state index is 11.7. The van der Waals surface area contributed by atoms with Gasteiger partial charge in [0.1, 0.15) is 5.82 Å². The van der Waals surface area contributed by atoms with Crippen molar-refractivity contribution >= 4 is 17.5 Å². The number of anilines is 2. The fourth-order valence-corrected chi connectivity index (χ4v) is 2.01. The summed E-state index contributed by atoms with van der Waals surface area (Å²) in [4.78, 5) is 18.3. The van der Waals surface area contributed by atoms with Crippen LogP contribution in [0.25, 0.3) is 0 Å². The van der Waals surface area contributed by atoms with Crippen molar-refractivity contribution in [3.8, 4) is 0 Å². The fourth-order valence-electron chi connectivity index (χ4n) is 2.01. The van der Waals surface area contributed by atoms with Crippen LogP contribution in [0.2, 0.25) is 0 Å². The molecule has 0 bridgehead atoms. The van der Waals surface area contributed by atoms with Crippen molar-refractivity contribution in [3.05, 3.63) is 17.8 Å². The van der Waals surface area contributed by atoms with E-state index in [9.17, 15) is 4.79 Å². The van der Waals surface area contributed by atoms with Crippen molar-refractivity contribution in [3.63, 3.8) is 0 Å². The van der Waals surface area contributed by atoms with Gasteiger partial charge in [-0.25, -0.2) is 9.78 Å². The molecule has 0 aromatic carbocycles. The van der Waals surface area contributed by atoms with E-state index in [0.717, 1.165) is 31.6 Å². The maximum Gasteiger partial charge on any atom is 0.340 e. The van der Waals surface area contributed by atoms with Gasteiger partial charge in [0.05, 0.1) is 24.6 Å². The molecule has 0 aliphatic rings. The third-order valence-electron chi connectivity index (χ3n) is 3.50. The van der Waals surface area contributed by atoms with Crippen molar-refractivity contribution in [2.24, 2.45) is 0 Å². The van der Waals surface area contributed by atoms with Crippen LogP contribution in [0.4, 0.5) is 11.5 Å². The van der Waals surface area contributed by atoms with E-state index in [2.05, 4.69) is 30.7 Å². The predicted molar refractivity (Wildman–Crippen MR) is 82.0 cm³/mol. The molecule has 1 unspecified atom stereocenters. The molecule has 0 amide bonds. The third-order valence-corrected chi connectivity index (χ3v) is 3.50. The number of carbonyl (C=O) groups is 1. The number of rotatable bonds is 7. The van der Waals surface area contributed by atoms with E-state index in [1.165, 1.54) is 13.3 Å². The van der Waals surface area contributed by atoms with E-state index in [4.69, 9.17) is 10.5 Å². The normalized spacial score (nSPS) is 12.0. The van der Waals surface area contributed by atoms with Gasteiger partial charge >= 0.3 is 5.97 Å². The van der Waals surface area contributed by atoms with Gasteiger partial charge in [0.2, 0.25) is 0 Å². The standard InChI is InChI=1S/C15H25N3O2/c1-5-7-8-18(11(3)6-2)14-9-12(15(19)20-4)13(16)10-17-14/h9-11H,5-8,16H2,1-4H3. The minimum absolute atomic E-state index is 0.347. The largest absolute Gasteiger partial charge is 0.465 e. The quantitative estimate of drug-likeness (QED) is 0.777. The number of pyridine rings is 1. The molecule has 0 aliphatic heterocycles. The van der Waals surface area contributed by atoms with E-state index >= 15 is 0 Å². The zero-order valence-corrected chi connectivity index (χ0v) is 12.8. The van der Waals surface area contributed by atoms with Gasteiger partial charge in [-0.05, 0) is 25.8 Å². The monoisotopic (exact) mass is 279 g/mol. The van der Waals surface area contributed by atoms with Crippen LogP contribution in [-0.4, -0.2) is 30.6 Å². The van der Waals surface area contributed by atoms with Gasteiger partial charge in [0.15, 0.2) is 0 Å². The van der Waals surface area contributed by atoms with Crippen molar-refractivity contribution in [2.75, 3.05) is 24.3 Å². The highest BCUT2D eigenvalue weighted by molar-refractivity contribution is 5.95. The topological polar surface area (TPSA) is 68.5 Å². The SMILES string of the molecule is CCCCN(c1cc(C(=O)OC)c(N)cn1)C(C)CC. The number of unbranched alkanes of at least 4 members (excludes halogenated alkanes) is 1. The van der Waals surface area contributed by atoms with Crippen molar-refractivity contribution in [1.29, 1.82) is 0 Å². The average Bonchev–Trinajstić information content (AvgIpc) is 2.47. The van der Waals surface area contributed by atoms with Crippen LogP contribution in [0.3, 0.4) is 0 Å². The first kappa shape index (κ1) is 16.3. The van der Waals surface area contributed by atoms with Crippen LogP contribution in [-0.2, 0) is 4.74 Å². The molecular formula is C15H25N3O2. The van der Waals surface area contributed by atoms with Gasteiger partial charge in [0.25, 0.3) is 0 Å². The highest BCUT2D eigenvalue weighted by Gasteiger charge is 2.18. The first-order chi connectivity index (χ1) is 9.54. The molecule has 2 N–H and O–H groups in total. The highest BCUT2D eigenvalue weighted by atomic mass is 16.5. The summed E-state index contributed by atoms with van der Waals surface area (Å²) in [5.41, 5.74) is 6.52. The molecule has 5 nitrogen and oxygen atoms in total. The van der Waals surface area contributed by atoms with Gasteiger partial charge < -0.3 is 15.4 Å². The first-order valence-corrected chi connectivity index (χ1v) is 7.15. The lowest BCUT2D eigenvalue weighted by atomic mass is 10.1. The Balaban J connectivity index is 3.10. The minimum Gasteiger partial charge on any atom is -0.465 e. The zero-order chi connectivity index (χ0) is 15.1. The molecule has 0 saturated carbocycles. The first-order valence-electron chi connectivity index (χ1n) is 7.15. The lowest BCUT2D eigenvalue weighted by Crippen LogP contribution is -2.34. The van der Waals surface area contributed by atoms with Crippen molar-refractivity contribution in [1.82, 2.24) is 4.98 Å². The van der Waals surface area contributed by atoms with Crippen LogP contribution in [0, 0.1) is 0 Å². The Morgan fingerprint density at radius 3 is 2.75 bits per heavy atom. The summed E-state index contributed by atoms with van der Waals surface area (Å²) >= 11 is 0. The molecule has 0 saturated heterocycles. The lowest BCUT2D eigenvalue weighted by molar-refractivity contribution is 0.0602. The Labute approximate surface area is 121 Å². The zero-order valence-electron chi connectivity index (χ0n) is 12.8. The molecule has 0 radical (unpaired) electrons. The number of nitrogens with two attached hydrogens (primary N) is 1. The van der Waals surface area contributed by atoms with Crippen LogP contribution >= 0.6 is 0 Å². The summed E-state index contributed by atoms with van der Waals surface area (Å²) in [6.45, 7) is 7.38. The van der Waals surface area contributed by atoms with E-state index in [1.807, 2.05) is 0 Å². The third kappa shape index (κ3) is 3.85. The highest BCUT2D eigenvalue weighted by Crippen LogP contribution is 2.22. The molecule has 0 fully saturated rings. The van der Waals surface area contributed by atoms with Crippen LogP contribution < -0.4 is 10.6 Å². The number of ether oxygens (including phenoxy) is 1. The van der Waals surface area contributed by atoms with Crippen LogP contribution in [0.15, 0.2) is 12.3 Å². The van der Waals surface area contributed by atoms with Gasteiger partial charge in [-0.2, -0.15) is 0 Å². The predicted octanol–water partition coefficient (Wildman–Crippen LogP) is 2.86. The van der Waals surface area contributed by atoms with E-state index < -0.39 is 5.97 Å². The molecule has 0 spiro atoms. The number of hydrogen-bond donors (Lipinski definition) is 1. The molecule has 5 heteroatoms. The summed E-state index contributed by atoms with van der Waals surface area (Å²) < 4.78 is 4.75. The number of nitrogen functional groups attached to an aromatic ring is 1. The van der Waals surface area contributed by atoms with Gasteiger partial charge in [-0.3, -0.25) is 0 Å². The number of nitrogens with zero attached hydrogens (tertiary/aromatic N) is 2. The van der Waals surface area contributed by atoms with Gasteiger partial charge in [-0.1, -0.05) is 20.3 Å². The Hall–Kier alpha value is -1.78. The number of aromatic nitrogens is 1. The van der Waals surface area contributed by atoms with Crippen molar-refractivity contribution in [2.45, 2.75) is 46.1 Å². The number of hydrogen-bond acceptors (Lipinski definition) is 5. The molecule has 1 rings (SSSR count). The van der Waals surface area contributed by atoms with Gasteiger partial charge in [-0.15, -0.1) is 0 Å². The molecule has 0 aliphatic carbocycles. The second-order valence-corrected chi connectivity index (χ2v) is 4.93. The average molecular weight is 279 g/mol. The molecule has 1 aromatic heterocycles. The van der Waals surface area contributed by atoms with Crippen molar-refractivity contribution < 1.29 is 9.53 Å². The van der Waals surface area contributed by atoms with E-state index in [-0.39, 0.29) is 0 Å². The minimum atomic E-state index is -0.425. The Morgan fingerprint density at radius 1 is 1.50 bits per heavy atom. The molecule has 1 heterocycles. The summed E-state index contributed by atoms with van der Waals surface area (Å²) in [6, 6.07) is 2.09. The van der Waals surface area contributed by atoms with Crippen LogP contribution in [0.1, 0.15) is 50.4 Å². The number of esters is 1. The Bertz CT molecular complexity index is 449. The smallest absolute Gasteiger partial charge is 0.340 e.